The van der Waals surface area contributed by atoms with E-state index in [2.05, 4.69) is 15.4 Å². The number of nitrogens with one attached hydrogen (secondary N) is 1. The molecule has 8 nitrogen and oxygen atoms in total. The Bertz CT molecular complexity index is 828. The normalized spacial score (nSPS) is 16.1. The van der Waals surface area contributed by atoms with Crippen LogP contribution in [0, 0.1) is 0 Å². The summed E-state index contributed by atoms with van der Waals surface area (Å²) in [6.45, 7) is 3.86. The molecule has 1 aromatic heterocycles. The van der Waals surface area contributed by atoms with E-state index in [1.54, 1.807) is 31.9 Å². The largest absolute Gasteiger partial charge is 0.493 e. The van der Waals surface area contributed by atoms with Crippen LogP contribution >= 0.6 is 0 Å². The van der Waals surface area contributed by atoms with Crippen molar-refractivity contribution in [2.24, 2.45) is 0 Å². The summed E-state index contributed by atoms with van der Waals surface area (Å²) in [6, 6.07) is 4.97. The van der Waals surface area contributed by atoms with Crippen LogP contribution in [0.5, 0.6) is 11.5 Å². The molecular weight excluding hydrogens is 324 g/mol. The summed E-state index contributed by atoms with van der Waals surface area (Å²) in [5, 5.41) is 7.37. The maximum atomic E-state index is 12.6. The summed E-state index contributed by atoms with van der Waals surface area (Å²) < 4.78 is 17.8. The number of nitrogens with zero attached hydrogens (tertiary/aromatic N) is 3. The molecule has 1 aliphatic heterocycles. The standard InChI is InChI=1S/C17H20N4O4/c1-5-25-16(22)13-10(2)20-17-18-9-19-21(17)14(13)11-7-6-8-12(23-3)15(11)24-4/h6-9,14H,5H2,1-4H3,(H,18,19,20). The fourth-order valence-corrected chi connectivity index (χ4v) is 2.98. The van der Waals surface area contributed by atoms with Crippen molar-refractivity contribution in [3.63, 3.8) is 0 Å². The minimum atomic E-state index is -0.539. The number of carbonyl (C=O) groups is 1. The lowest BCUT2D eigenvalue weighted by Gasteiger charge is -2.29. The van der Waals surface area contributed by atoms with Gasteiger partial charge in [0.2, 0.25) is 5.95 Å². The van der Waals surface area contributed by atoms with Crippen LogP contribution in [0.4, 0.5) is 5.95 Å². The fraction of sp³-hybridized carbons (Fsp3) is 0.353. The number of hydrogen-bond donors (Lipinski definition) is 1. The molecule has 2 aromatic rings. The highest BCUT2D eigenvalue weighted by Gasteiger charge is 2.36. The Hall–Kier alpha value is -3.03. The van der Waals surface area contributed by atoms with Gasteiger partial charge in [0.1, 0.15) is 12.4 Å². The Kier molecular flexibility index (Phi) is 4.60. The van der Waals surface area contributed by atoms with Crippen LogP contribution < -0.4 is 14.8 Å². The molecule has 0 bridgehead atoms. The smallest absolute Gasteiger partial charge is 0.338 e. The van der Waals surface area contributed by atoms with Gasteiger partial charge in [0, 0.05) is 11.3 Å². The first kappa shape index (κ1) is 16.8. The Morgan fingerprint density at radius 1 is 1.32 bits per heavy atom. The highest BCUT2D eigenvalue weighted by Crippen LogP contribution is 2.42. The molecule has 3 rings (SSSR count). The number of ether oxygens (including phenoxy) is 3. The van der Waals surface area contributed by atoms with Crippen LogP contribution in [0.1, 0.15) is 25.5 Å². The molecule has 0 spiro atoms. The highest BCUT2D eigenvalue weighted by atomic mass is 16.5. The van der Waals surface area contributed by atoms with Gasteiger partial charge in [-0.05, 0) is 19.9 Å². The molecule has 0 fully saturated rings. The van der Waals surface area contributed by atoms with E-state index >= 15 is 0 Å². The van der Waals surface area contributed by atoms with Crippen molar-refractivity contribution in [1.29, 1.82) is 0 Å². The van der Waals surface area contributed by atoms with Gasteiger partial charge in [-0.2, -0.15) is 10.1 Å². The average Bonchev–Trinajstić information content (AvgIpc) is 3.07. The fourth-order valence-electron chi connectivity index (χ4n) is 2.98. The number of fused-ring (bicyclic) bond motifs is 1. The Balaban J connectivity index is 2.22. The van der Waals surface area contributed by atoms with E-state index in [4.69, 9.17) is 14.2 Å². The van der Waals surface area contributed by atoms with Gasteiger partial charge in [0.25, 0.3) is 0 Å². The Morgan fingerprint density at radius 3 is 2.80 bits per heavy atom. The van der Waals surface area contributed by atoms with Crippen molar-refractivity contribution in [1.82, 2.24) is 14.8 Å². The number of para-hydroxylation sites is 1. The first-order valence-corrected chi connectivity index (χ1v) is 7.87. The van der Waals surface area contributed by atoms with Crippen LogP contribution in [0.3, 0.4) is 0 Å². The summed E-state index contributed by atoms with van der Waals surface area (Å²) in [7, 11) is 3.13. The number of anilines is 1. The van der Waals surface area contributed by atoms with Crippen molar-refractivity contribution >= 4 is 11.9 Å². The molecule has 132 valence electrons. The minimum Gasteiger partial charge on any atom is -0.493 e. The van der Waals surface area contributed by atoms with Crippen LogP contribution in [0.15, 0.2) is 35.8 Å². The Labute approximate surface area is 145 Å². The lowest BCUT2D eigenvalue weighted by atomic mass is 9.94. The predicted octanol–water partition coefficient (Wildman–Crippen LogP) is 2.15. The molecule has 0 aliphatic carbocycles. The van der Waals surface area contributed by atoms with Gasteiger partial charge < -0.3 is 19.5 Å². The first-order valence-electron chi connectivity index (χ1n) is 7.87. The van der Waals surface area contributed by atoms with E-state index in [0.29, 0.717) is 28.7 Å². The van der Waals surface area contributed by atoms with Crippen molar-refractivity contribution in [3.05, 3.63) is 41.4 Å². The van der Waals surface area contributed by atoms with Gasteiger partial charge in [-0.3, -0.25) is 0 Å². The van der Waals surface area contributed by atoms with E-state index in [0.717, 1.165) is 5.56 Å². The molecule has 25 heavy (non-hydrogen) atoms. The maximum absolute atomic E-state index is 12.6. The molecule has 0 amide bonds. The Morgan fingerprint density at radius 2 is 2.12 bits per heavy atom. The zero-order valence-corrected chi connectivity index (χ0v) is 14.6. The molecule has 0 saturated carbocycles. The third-order valence-electron chi connectivity index (χ3n) is 4.02. The molecule has 1 unspecified atom stereocenters. The van der Waals surface area contributed by atoms with Crippen LogP contribution in [-0.4, -0.2) is 41.6 Å². The molecular formula is C17H20N4O4. The van der Waals surface area contributed by atoms with Crippen molar-refractivity contribution in [3.8, 4) is 11.5 Å². The number of carbonyl (C=O) groups excluding carboxylic acids is 1. The second-order valence-corrected chi connectivity index (χ2v) is 5.40. The van der Waals surface area contributed by atoms with E-state index in [9.17, 15) is 4.79 Å². The maximum Gasteiger partial charge on any atom is 0.338 e. The number of methoxy groups -OCH3 is 2. The van der Waals surface area contributed by atoms with Crippen LogP contribution in [-0.2, 0) is 9.53 Å². The molecule has 8 heteroatoms. The zero-order chi connectivity index (χ0) is 18.0. The number of benzene rings is 1. The van der Waals surface area contributed by atoms with Gasteiger partial charge in [-0.15, -0.1) is 0 Å². The van der Waals surface area contributed by atoms with Gasteiger partial charge in [0.15, 0.2) is 11.5 Å². The van der Waals surface area contributed by atoms with Gasteiger partial charge in [-0.1, -0.05) is 12.1 Å². The molecule has 2 heterocycles. The number of hydrogen-bond acceptors (Lipinski definition) is 7. The molecule has 1 atom stereocenters. The van der Waals surface area contributed by atoms with Crippen LogP contribution in [0.25, 0.3) is 0 Å². The molecule has 0 radical (unpaired) electrons. The van der Waals surface area contributed by atoms with Gasteiger partial charge in [0.05, 0.1) is 26.4 Å². The topological polar surface area (TPSA) is 87.5 Å². The quantitative estimate of drug-likeness (QED) is 0.832. The first-order chi connectivity index (χ1) is 12.1. The minimum absolute atomic E-state index is 0.280. The molecule has 1 N–H and O–H groups in total. The van der Waals surface area contributed by atoms with Crippen LogP contribution in [0.2, 0.25) is 0 Å². The van der Waals surface area contributed by atoms with Crippen molar-refractivity contribution < 1.29 is 19.0 Å². The number of aromatic nitrogens is 3. The van der Waals surface area contributed by atoms with Gasteiger partial charge >= 0.3 is 5.97 Å². The highest BCUT2D eigenvalue weighted by molar-refractivity contribution is 5.92. The summed E-state index contributed by atoms with van der Waals surface area (Å²) in [4.78, 5) is 16.8. The molecule has 1 aromatic carbocycles. The summed E-state index contributed by atoms with van der Waals surface area (Å²) in [6.07, 6.45) is 1.43. The van der Waals surface area contributed by atoms with Gasteiger partial charge in [-0.25, -0.2) is 9.48 Å². The predicted molar refractivity (Wildman–Crippen MR) is 90.7 cm³/mol. The SMILES string of the molecule is CCOC(=O)C1=C(C)Nc2ncnn2C1c1cccc(OC)c1OC. The number of rotatable bonds is 5. The lowest BCUT2D eigenvalue weighted by Crippen LogP contribution is -2.30. The van der Waals surface area contributed by atoms with E-state index < -0.39 is 12.0 Å². The third kappa shape index (κ3) is 2.79. The molecule has 1 aliphatic rings. The second-order valence-electron chi connectivity index (χ2n) is 5.40. The van der Waals surface area contributed by atoms with E-state index in [1.165, 1.54) is 6.33 Å². The summed E-state index contributed by atoms with van der Waals surface area (Å²) >= 11 is 0. The zero-order valence-electron chi connectivity index (χ0n) is 14.6. The monoisotopic (exact) mass is 344 g/mol. The lowest BCUT2D eigenvalue weighted by molar-refractivity contribution is -0.139. The average molecular weight is 344 g/mol. The number of esters is 1. The van der Waals surface area contributed by atoms with Crippen molar-refractivity contribution in [2.45, 2.75) is 19.9 Å². The second kappa shape index (κ2) is 6.84. The third-order valence-corrected chi connectivity index (χ3v) is 4.02. The van der Waals surface area contributed by atoms with Crippen molar-refractivity contribution in [2.75, 3.05) is 26.1 Å². The summed E-state index contributed by atoms with van der Waals surface area (Å²) in [5.74, 6) is 1.23. The molecule has 0 saturated heterocycles. The number of allylic oxidation sites excluding steroid dienone is 1. The summed E-state index contributed by atoms with van der Waals surface area (Å²) in [5.41, 5.74) is 1.85. The van der Waals surface area contributed by atoms with E-state index in [-0.39, 0.29) is 6.61 Å². The van der Waals surface area contributed by atoms with E-state index in [1.807, 2.05) is 19.1 Å².